The largest absolute Gasteiger partial charge is 0.456 e. The number of fused-ring (bicyclic) bond motifs is 3. The van der Waals surface area contributed by atoms with Crippen LogP contribution >= 0.6 is 0 Å². The number of para-hydroxylation sites is 1. The Bertz CT molecular complexity index is 857. The molecule has 1 nitrogen and oxygen atoms in total. The Morgan fingerprint density at radius 3 is 2.53 bits per heavy atom. The van der Waals surface area contributed by atoms with Gasteiger partial charge in [-0.25, -0.2) is 0 Å². The predicted octanol–water partition coefficient (Wildman–Crippen LogP) is 5.05. The Morgan fingerprint density at radius 1 is 0.737 bits per heavy atom. The van der Waals surface area contributed by atoms with Gasteiger partial charge in [-0.05, 0) is 41.5 Å². The van der Waals surface area contributed by atoms with Crippen molar-refractivity contribution in [1.82, 2.24) is 0 Å². The highest BCUT2D eigenvalue weighted by atomic mass is 16.3. The summed E-state index contributed by atoms with van der Waals surface area (Å²) in [5, 5.41) is 2.34. The van der Waals surface area contributed by atoms with Crippen LogP contribution in [0.15, 0.2) is 71.1 Å². The maximum absolute atomic E-state index is 5.90. The molecule has 1 aromatic heterocycles. The third-order valence-corrected chi connectivity index (χ3v) is 3.42. The van der Waals surface area contributed by atoms with Gasteiger partial charge in [-0.1, -0.05) is 42.5 Å². The van der Waals surface area contributed by atoms with Crippen LogP contribution in [0.5, 0.6) is 0 Å². The Labute approximate surface area is 111 Å². The first-order chi connectivity index (χ1) is 9.42. The Balaban J connectivity index is 1.99. The summed E-state index contributed by atoms with van der Waals surface area (Å²) in [5.74, 6) is 0. The number of benzene rings is 3. The lowest BCUT2D eigenvalue weighted by Gasteiger charge is -2.00. The minimum absolute atomic E-state index is 0.933. The molecule has 3 aromatic carbocycles. The molecule has 0 amide bonds. The molecule has 4 aromatic rings. The lowest BCUT2D eigenvalue weighted by Crippen LogP contribution is -1.76. The minimum Gasteiger partial charge on any atom is -0.456 e. The molecule has 89 valence electrons. The summed E-state index contributed by atoms with van der Waals surface area (Å²) >= 11 is 0. The van der Waals surface area contributed by atoms with Crippen LogP contribution < -0.4 is 0 Å². The molecule has 0 aliphatic rings. The van der Waals surface area contributed by atoms with E-state index in [-0.39, 0.29) is 0 Å². The van der Waals surface area contributed by atoms with Crippen molar-refractivity contribution < 1.29 is 4.42 Å². The summed E-state index contributed by atoms with van der Waals surface area (Å²) in [4.78, 5) is 0. The second kappa shape index (κ2) is 3.99. The van der Waals surface area contributed by atoms with Crippen molar-refractivity contribution in [2.24, 2.45) is 0 Å². The van der Waals surface area contributed by atoms with Gasteiger partial charge >= 0.3 is 0 Å². The zero-order chi connectivity index (χ0) is 12.7. The van der Waals surface area contributed by atoms with Crippen molar-refractivity contribution in [3.63, 3.8) is 0 Å². The van der Waals surface area contributed by atoms with E-state index >= 15 is 0 Å². The van der Waals surface area contributed by atoms with Crippen molar-refractivity contribution in [2.75, 3.05) is 0 Å². The summed E-state index contributed by atoms with van der Waals surface area (Å²) < 4.78 is 5.90. The highest BCUT2D eigenvalue weighted by Crippen LogP contribution is 2.31. The molecule has 0 saturated carbocycles. The first-order valence-corrected chi connectivity index (χ1v) is 6.29. The van der Waals surface area contributed by atoms with Crippen molar-refractivity contribution in [3.8, 4) is 11.1 Å². The first kappa shape index (κ1) is 10.4. The normalized spacial score (nSPS) is 11.2. The third kappa shape index (κ3) is 1.63. The maximum Gasteiger partial charge on any atom is 0.136 e. The Morgan fingerprint density at radius 2 is 1.63 bits per heavy atom. The van der Waals surface area contributed by atoms with E-state index in [4.69, 9.17) is 4.42 Å². The molecule has 0 N–H and O–H groups in total. The number of hydrogen-bond acceptors (Lipinski definition) is 1. The summed E-state index contributed by atoms with van der Waals surface area (Å²) in [6, 6.07) is 25.6. The fourth-order valence-corrected chi connectivity index (χ4v) is 2.48. The molecular formula is C18H11O. The molecule has 4 rings (SSSR count). The van der Waals surface area contributed by atoms with Crippen LogP contribution in [0.3, 0.4) is 0 Å². The Kier molecular flexibility index (Phi) is 2.18. The van der Waals surface area contributed by atoms with Gasteiger partial charge in [0, 0.05) is 10.8 Å². The van der Waals surface area contributed by atoms with E-state index in [0.29, 0.717) is 0 Å². The van der Waals surface area contributed by atoms with Gasteiger partial charge in [-0.3, -0.25) is 0 Å². The summed E-state index contributed by atoms with van der Waals surface area (Å²) in [7, 11) is 0. The number of furan rings is 1. The smallest absolute Gasteiger partial charge is 0.136 e. The number of hydrogen-bond donors (Lipinski definition) is 0. The van der Waals surface area contributed by atoms with E-state index < -0.39 is 0 Å². The zero-order valence-corrected chi connectivity index (χ0v) is 10.3. The maximum atomic E-state index is 5.90. The summed E-state index contributed by atoms with van der Waals surface area (Å²) in [6.45, 7) is 0. The van der Waals surface area contributed by atoms with E-state index in [0.717, 1.165) is 22.3 Å². The standard InChI is InChI=1S/C18H11O/c1-2-6-13(7-3-1)14-10-11-16-15-8-4-5-9-17(15)19-18(16)12-14/h1-2,4-12H. The van der Waals surface area contributed by atoms with Gasteiger partial charge in [-0.15, -0.1) is 0 Å². The third-order valence-electron chi connectivity index (χ3n) is 3.42. The summed E-state index contributed by atoms with van der Waals surface area (Å²) in [5.41, 5.74) is 4.19. The van der Waals surface area contributed by atoms with E-state index in [1.165, 1.54) is 10.8 Å². The molecule has 1 heteroatoms. The van der Waals surface area contributed by atoms with Gasteiger partial charge in [0.15, 0.2) is 0 Å². The predicted molar refractivity (Wildman–Crippen MR) is 78.0 cm³/mol. The molecule has 0 atom stereocenters. The van der Waals surface area contributed by atoms with E-state index in [1.807, 2.05) is 36.4 Å². The van der Waals surface area contributed by atoms with Crippen LogP contribution in [0, 0.1) is 6.07 Å². The average molecular weight is 243 g/mol. The SMILES string of the molecule is [c]1cccc(-c2ccc3c(c2)oc2ccccc23)c1. The monoisotopic (exact) mass is 243 g/mol. The topological polar surface area (TPSA) is 13.1 Å². The quantitative estimate of drug-likeness (QED) is 0.455. The van der Waals surface area contributed by atoms with Crippen LogP contribution in [-0.2, 0) is 0 Å². The Hall–Kier alpha value is -2.54. The highest BCUT2D eigenvalue weighted by Gasteiger charge is 2.07. The second-order valence-corrected chi connectivity index (χ2v) is 4.60. The van der Waals surface area contributed by atoms with Gasteiger partial charge in [0.25, 0.3) is 0 Å². The van der Waals surface area contributed by atoms with Gasteiger partial charge in [0.05, 0.1) is 0 Å². The zero-order valence-electron chi connectivity index (χ0n) is 10.3. The van der Waals surface area contributed by atoms with Crippen molar-refractivity contribution in [2.45, 2.75) is 0 Å². The van der Waals surface area contributed by atoms with Gasteiger partial charge in [0.1, 0.15) is 11.2 Å². The molecule has 1 heterocycles. The molecule has 0 aliphatic carbocycles. The van der Waals surface area contributed by atoms with Crippen LogP contribution in [-0.4, -0.2) is 0 Å². The average Bonchev–Trinajstić information content (AvgIpc) is 2.86. The molecule has 1 radical (unpaired) electrons. The van der Waals surface area contributed by atoms with Crippen molar-refractivity contribution in [3.05, 3.63) is 72.8 Å². The molecule has 19 heavy (non-hydrogen) atoms. The van der Waals surface area contributed by atoms with Crippen LogP contribution in [0.25, 0.3) is 33.1 Å². The van der Waals surface area contributed by atoms with Crippen molar-refractivity contribution >= 4 is 21.9 Å². The minimum atomic E-state index is 0.933. The molecule has 0 spiro atoms. The van der Waals surface area contributed by atoms with Gasteiger partial charge < -0.3 is 4.42 Å². The molecule has 0 bridgehead atoms. The molecule has 0 saturated heterocycles. The van der Waals surface area contributed by atoms with E-state index in [2.05, 4.69) is 36.4 Å². The molecular weight excluding hydrogens is 232 g/mol. The fraction of sp³-hybridized carbons (Fsp3) is 0. The first-order valence-electron chi connectivity index (χ1n) is 6.29. The summed E-state index contributed by atoms with van der Waals surface area (Å²) in [6.07, 6.45) is 0. The lowest BCUT2D eigenvalue weighted by atomic mass is 10.0. The van der Waals surface area contributed by atoms with Gasteiger partial charge in [0.2, 0.25) is 0 Å². The van der Waals surface area contributed by atoms with E-state index in [9.17, 15) is 0 Å². The fourth-order valence-electron chi connectivity index (χ4n) is 2.48. The molecule has 0 aliphatic heterocycles. The molecule has 0 fully saturated rings. The van der Waals surface area contributed by atoms with Gasteiger partial charge in [-0.2, -0.15) is 0 Å². The second-order valence-electron chi connectivity index (χ2n) is 4.60. The van der Waals surface area contributed by atoms with E-state index in [1.54, 1.807) is 0 Å². The van der Waals surface area contributed by atoms with Crippen LogP contribution in [0.4, 0.5) is 0 Å². The van der Waals surface area contributed by atoms with Crippen molar-refractivity contribution in [1.29, 1.82) is 0 Å². The highest BCUT2D eigenvalue weighted by molar-refractivity contribution is 6.05. The number of rotatable bonds is 1. The lowest BCUT2D eigenvalue weighted by molar-refractivity contribution is 0.669. The van der Waals surface area contributed by atoms with Crippen LogP contribution in [0.2, 0.25) is 0 Å². The van der Waals surface area contributed by atoms with Crippen LogP contribution in [0.1, 0.15) is 0 Å². The molecule has 0 unspecified atom stereocenters.